The zero-order valence-corrected chi connectivity index (χ0v) is 13.1. The van der Waals surface area contributed by atoms with Crippen molar-refractivity contribution in [3.8, 4) is 5.75 Å². The molecule has 0 saturated heterocycles. The maximum absolute atomic E-state index is 12.0. The van der Waals surface area contributed by atoms with E-state index >= 15 is 0 Å². The fourth-order valence-electron chi connectivity index (χ4n) is 1.92. The van der Waals surface area contributed by atoms with E-state index in [-0.39, 0.29) is 12.2 Å². The molecular weight excluding hydrogens is 356 g/mol. The van der Waals surface area contributed by atoms with Crippen molar-refractivity contribution in [2.45, 2.75) is 6.61 Å². The van der Waals surface area contributed by atoms with Crippen LogP contribution in [0.4, 0.5) is 0 Å². The molecule has 0 spiro atoms. The Morgan fingerprint density at radius 2 is 2.10 bits per heavy atom. The molecule has 0 amide bonds. The van der Waals surface area contributed by atoms with Crippen LogP contribution in [0.2, 0.25) is 5.02 Å². The fraction of sp³-hybridized carbons (Fsp3) is 0.0667. The Hall–Kier alpha value is -1.85. The highest BCUT2D eigenvalue weighted by molar-refractivity contribution is 9.10. The molecule has 21 heavy (non-hydrogen) atoms. The molecule has 0 bridgehead atoms. The predicted molar refractivity (Wildman–Crippen MR) is 84.9 cm³/mol. The van der Waals surface area contributed by atoms with Crippen molar-refractivity contribution < 1.29 is 4.74 Å². The van der Waals surface area contributed by atoms with Gasteiger partial charge in [0, 0.05) is 17.3 Å². The van der Waals surface area contributed by atoms with E-state index in [1.165, 1.54) is 10.5 Å². The minimum Gasteiger partial charge on any atom is -0.486 e. The van der Waals surface area contributed by atoms with Crippen LogP contribution in [0.15, 0.2) is 57.9 Å². The topological polar surface area (TPSA) is 43.6 Å². The maximum atomic E-state index is 12.0. The number of fused-ring (bicyclic) bond motifs is 1. The summed E-state index contributed by atoms with van der Waals surface area (Å²) in [5, 5.41) is 0.622. The average molecular weight is 366 g/mol. The highest BCUT2D eigenvalue weighted by Crippen LogP contribution is 2.28. The molecule has 3 aromatic rings. The monoisotopic (exact) mass is 364 g/mol. The molecule has 0 unspecified atom stereocenters. The quantitative estimate of drug-likeness (QED) is 0.711. The lowest BCUT2D eigenvalue weighted by Gasteiger charge is -2.08. The summed E-state index contributed by atoms with van der Waals surface area (Å²) in [7, 11) is 0. The van der Waals surface area contributed by atoms with Gasteiger partial charge in [-0.25, -0.2) is 4.98 Å². The van der Waals surface area contributed by atoms with E-state index in [0.717, 1.165) is 4.47 Å². The van der Waals surface area contributed by atoms with Gasteiger partial charge >= 0.3 is 0 Å². The number of aromatic nitrogens is 2. The SMILES string of the molecule is O=c1cc(COc2ccc(Cl)cc2Br)nc2ccccn12. The summed E-state index contributed by atoms with van der Waals surface area (Å²) in [5.74, 6) is 0.648. The number of rotatable bonds is 3. The van der Waals surface area contributed by atoms with E-state index in [4.69, 9.17) is 16.3 Å². The zero-order chi connectivity index (χ0) is 14.8. The maximum Gasteiger partial charge on any atom is 0.258 e. The number of nitrogens with zero attached hydrogens (tertiary/aromatic N) is 2. The first-order valence-electron chi connectivity index (χ1n) is 6.19. The van der Waals surface area contributed by atoms with Crippen molar-refractivity contribution in [1.29, 1.82) is 0 Å². The van der Waals surface area contributed by atoms with Crippen LogP contribution in [0, 0.1) is 0 Å². The van der Waals surface area contributed by atoms with Gasteiger partial charge in [-0.15, -0.1) is 0 Å². The lowest BCUT2D eigenvalue weighted by Crippen LogP contribution is -2.16. The van der Waals surface area contributed by atoms with Crippen molar-refractivity contribution in [3.63, 3.8) is 0 Å². The third-order valence-electron chi connectivity index (χ3n) is 2.89. The molecule has 0 fully saturated rings. The Kier molecular flexibility index (Phi) is 3.94. The zero-order valence-electron chi connectivity index (χ0n) is 10.8. The second kappa shape index (κ2) is 5.87. The highest BCUT2D eigenvalue weighted by Gasteiger charge is 2.05. The lowest BCUT2D eigenvalue weighted by atomic mass is 10.3. The molecule has 0 saturated carbocycles. The summed E-state index contributed by atoms with van der Waals surface area (Å²) >= 11 is 9.26. The van der Waals surface area contributed by atoms with Crippen LogP contribution < -0.4 is 10.3 Å². The Labute approximate surface area is 134 Å². The van der Waals surface area contributed by atoms with Gasteiger partial charge in [-0.3, -0.25) is 9.20 Å². The minimum absolute atomic E-state index is 0.130. The molecule has 3 rings (SSSR count). The number of hydrogen-bond acceptors (Lipinski definition) is 3. The largest absolute Gasteiger partial charge is 0.486 e. The van der Waals surface area contributed by atoms with E-state index < -0.39 is 0 Å². The van der Waals surface area contributed by atoms with Crippen LogP contribution in [-0.2, 0) is 6.61 Å². The number of halogens is 2. The molecule has 106 valence electrons. The third-order valence-corrected chi connectivity index (χ3v) is 3.75. The first-order valence-corrected chi connectivity index (χ1v) is 7.36. The van der Waals surface area contributed by atoms with Crippen molar-refractivity contribution >= 4 is 33.2 Å². The van der Waals surface area contributed by atoms with Gasteiger partial charge in [0.1, 0.15) is 18.0 Å². The smallest absolute Gasteiger partial charge is 0.258 e. The second-order valence-corrected chi connectivity index (χ2v) is 5.67. The van der Waals surface area contributed by atoms with Gasteiger partial charge in [0.25, 0.3) is 5.56 Å². The van der Waals surface area contributed by atoms with E-state index in [2.05, 4.69) is 20.9 Å². The van der Waals surface area contributed by atoms with Crippen LogP contribution in [-0.4, -0.2) is 9.38 Å². The number of hydrogen-bond donors (Lipinski definition) is 0. The summed E-state index contributed by atoms with van der Waals surface area (Å²) in [4.78, 5) is 16.4. The van der Waals surface area contributed by atoms with Crippen molar-refractivity contribution in [1.82, 2.24) is 9.38 Å². The van der Waals surface area contributed by atoms with Gasteiger partial charge < -0.3 is 4.74 Å². The Balaban J connectivity index is 1.87. The molecule has 0 aliphatic heterocycles. The molecule has 2 aromatic heterocycles. The van der Waals surface area contributed by atoms with E-state index in [0.29, 0.717) is 22.1 Å². The summed E-state index contributed by atoms with van der Waals surface area (Å²) in [6.45, 7) is 0.209. The first-order chi connectivity index (χ1) is 10.1. The van der Waals surface area contributed by atoms with Gasteiger partial charge in [-0.2, -0.15) is 0 Å². The normalized spacial score (nSPS) is 10.8. The molecule has 6 heteroatoms. The molecule has 0 atom stereocenters. The van der Waals surface area contributed by atoms with Gasteiger partial charge in [0.15, 0.2) is 0 Å². The second-order valence-electron chi connectivity index (χ2n) is 4.38. The number of benzene rings is 1. The fourth-order valence-corrected chi connectivity index (χ4v) is 2.72. The summed E-state index contributed by atoms with van der Waals surface area (Å²) in [6, 6.07) is 12.1. The first kappa shape index (κ1) is 14.1. The van der Waals surface area contributed by atoms with Gasteiger partial charge in [-0.1, -0.05) is 17.7 Å². The third kappa shape index (κ3) is 3.09. The standard InChI is InChI=1S/C15H10BrClN2O2/c16-12-7-10(17)4-5-13(12)21-9-11-8-15(20)19-6-2-1-3-14(19)18-11/h1-8H,9H2. The van der Waals surface area contributed by atoms with E-state index in [1.807, 2.05) is 6.07 Å². The molecule has 4 nitrogen and oxygen atoms in total. The number of pyridine rings is 1. The van der Waals surface area contributed by atoms with Crippen LogP contribution >= 0.6 is 27.5 Å². The minimum atomic E-state index is -0.130. The Bertz CT molecular complexity index is 864. The average Bonchev–Trinajstić information content (AvgIpc) is 2.46. The molecule has 0 radical (unpaired) electrons. The summed E-state index contributed by atoms with van der Waals surface area (Å²) in [6.07, 6.45) is 1.69. The molecule has 0 aliphatic carbocycles. The van der Waals surface area contributed by atoms with Crippen molar-refractivity contribution in [2.24, 2.45) is 0 Å². The van der Waals surface area contributed by atoms with Crippen LogP contribution in [0.1, 0.15) is 5.69 Å². The summed E-state index contributed by atoms with van der Waals surface area (Å²) < 4.78 is 7.91. The molecule has 0 aliphatic rings. The van der Waals surface area contributed by atoms with Gasteiger partial charge in [-0.05, 0) is 46.3 Å². The predicted octanol–water partition coefficient (Wildman–Crippen LogP) is 3.69. The highest BCUT2D eigenvalue weighted by atomic mass is 79.9. The Morgan fingerprint density at radius 3 is 2.90 bits per heavy atom. The van der Waals surface area contributed by atoms with Crippen molar-refractivity contribution in [3.05, 3.63) is 74.2 Å². The lowest BCUT2D eigenvalue weighted by molar-refractivity contribution is 0.299. The van der Waals surface area contributed by atoms with Crippen LogP contribution in [0.5, 0.6) is 5.75 Å². The Morgan fingerprint density at radius 1 is 1.24 bits per heavy atom. The molecular formula is C15H10BrClN2O2. The number of ether oxygens (including phenoxy) is 1. The van der Waals surface area contributed by atoms with Crippen LogP contribution in [0.25, 0.3) is 5.65 Å². The molecule has 1 aromatic carbocycles. The van der Waals surface area contributed by atoms with Crippen molar-refractivity contribution in [2.75, 3.05) is 0 Å². The van der Waals surface area contributed by atoms with E-state index in [1.54, 1.807) is 36.5 Å². The molecule has 2 heterocycles. The van der Waals surface area contributed by atoms with E-state index in [9.17, 15) is 4.79 Å². The van der Waals surface area contributed by atoms with Crippen LogP contribution in [0.3, 0.4) is 0 Å². The summed E-state index contributed by atoms with van der Waals surface area (Å²) in [5.41, 5.74) is 1.04. The molecule has 0 N–H and O–H groups in total. The van der Waals surface area contributed by atoms with Gasteiger partial charge in [0.05, 0.1) is 10.2 Å². The van der Waals surface area contributed by atoms with Gasteiger partial charge in [0.2, 0.25) is 0 Å².